The number of nitrogen functional groups attached to an aromatic ring is 1. The Morgan fingerprint density at radius 2 is 2.06 bits per heavy atom. The molecule has 8 heteroatoms. The molecule has 1 aromatic rings. The van der Waals surface area contributed by atoms with Crippen molar-refractivity contribution >= 4 is 21.5 Å². The fourth-order valence-corrected chi connectivity index (χ4v) is 2.64. The van der Waals surface area contributed by atoms with Crippen LogP contribution in [-0.2, 0) is 14.6 Å². The molecule has 0 amide bonds. The molecular weight excluding hydrogens is 232 g/mol. The summed E-state index contributed by atoms with van der Waals surface area (Å²) in [5, 5.41) is 6.45. The first-order valence-corrected chi connectivity index (χ1v) is 6.76. The topological polar surface area (TPSA) is 101 Å². The summed E-state index contributed by atoms with van der Waals surface area (Å²) < 4.78 is 28.4. The lowest BCUT2D eigenvalue weighted by molar-refractivity contribution is 0.122. The first-order valence-electron chi connectivity index (χ1n) is 4.87. The summed E-state index contributed by atoms with van der Waals surface area (Å²) in [6, 6.07) is 0. The Bertz CT molecular complexity index is 475. The van der Waals surface area contributed by atoms with Crippen molar-refractivity contribution in [2.45, 2.75) is 4.90 Å². The number of nitrogens with zero attached hydrogens (tertiary/aromatic N) is 2. The summed E-state index contributed by atoms with van der Waals surface area (Å²) in [5.74, 6) is 0.479. The molecule has 0 saturated carbocycles. The van der Waals surface area contributed by atoms with Crippen LogP contribution in [-0.4, -0.2) is 51.2 Å². The van der Waals surface area contributed by atoms with Gasteiger partial charge in [0.25, 0.3) is 0 Å². The quantitative estimate of drug-likeness (QED) is 0.710. The standard InChI is InChI=1S/C8H14N4O3S/c1-16(13,14)6-7(9)10-11-8(6)12-2-4-15-5-3-12/h2-5H2,1H3,(H3,9,10,11). The molecule has 1 fully saturated rings. The molecule has 0 aliphatic carbocycles. The molecule has 0 bridgehead atoms. The van der Waals surface area contributed by atoms with Crippen LogP contribution in [0.3, 0.4) is 0 Å². The van der Waals surface area contributed by atoms with Crippen molar-refractivity contribution in [3.05, 3.63) is 0 Å². The summed E-state index contributed by atoms with van der Waals surface area (Å²) in [6.07, 6.45) is 1.12. The minimum atomic E-state index is -3.37. The van der Waals surface area contributed by atoms with Crippen molar-refractivity contribution in [1.29, 1.82) is 0 Å². The largest absolute Gasteiger partial charge is 0.383 e. The van der Waals surface area contributed by atoms with Crippen LogP contribution in [0.25, 0.3) is 0 Å². The van der Waals surface area contributed by atoms with E-state index in [-0.39, 0.29) is 10.7 Å². The van der Waals surface area contributed by atoms with Crippen LogP contribution in [0.5, 0.6) is 0 Å². The van der Waals surface area contributed by atoms with Crippen LogP contribution < -0.4 is 10.6 Å². The van der Waals surface area contributed by atoms with Gasteiger partial charge in [0.05, 0.1) is 13.2 Å². The van der Waals surface area contributed by atoms with E-state index in [0.717, 1.165) is 6.26 Å². The minimum Gasteiger partial charge on any atom is -0.383 e. The highest BCUT2D eigenvalue weighted by molar-refractivity contribution is 7.91. The van der Waals surface area contributed by atoms with Gasteiger partial charge in [-0.3, -0.25) is 5.10 Å². The Balaban J connectivity index is 2.41. The molecule has 0 unspecified atom stereocenters. The number of nitrogens with two attached hydrogens (primary N) is 1. The van der Waals surface area contributed by atoms with E-state index in [1.807, 2.05) is 4.90 Å². The Kier molecular flexibility index (Phi) is 2.76. The minimum absolute atomic E-state index is 0.0781. The van der Waals surface area contributed by atoms with E-state index in [0.29, 0.717) is 32.1 Å². The molecule has 0 atom stereocenters. The van der Waals surface area contributed by atoms with E-state index >= 15 is 0 Å². The number of hydrogen-bond donors (Lipinski definition) is 2. The lowest BCUT2D eigenvalue weighted by Gasteiger charge is -2.27. The van der Waals surface area contributed by atoms with Crippen LogP contribution in [0.1, 0.15) is 0 Å². The third-order valence-electron chi connectivity index (χ3n) is 2.41. The van der Waals surface area contributed by atoms with Crippen molar-refractivity contribution in [3.8, 4) is 0 Å². The zero-order chi connectivity index (χ0) is 11.8. The van der Waals surface area contributed by atoms with E-state index < -0.39 is 9.84 Å². The summed E-state index contributed by atoms with van der Waals surface area (Å²) in [4.78, 5) is 1.93. The average molecular weight is 246 g/mol. The average Bonchev–Trinajstić information content (AvgIpc) is 2.61. The number of nitrogens with one attached hydrogen (secondary N) is 1. The molecule has 1 saturated heterocycles. The van der Waals surface area contributed by atoms with E-state index in [1.165, 1.54) is 0 Å². The number of ether oxygens (including phenoxy) is 1. The van der Waals surface area contributed by atoms with Gasteiger partial charge in [0.2, 0.25) is 0 Å². The zero-order valence-corrected chi connectivity index (χ0v) is 9.75. The Morgan fingerprint density at radius 1 is 1.44 bits per heavy atom. The Morgan fingerprint density at radius 3 is 2.62 bits per heavy atom. The maximum Gasteiger partial charge on any atom is 0.182 e. The Labute approximate surface area is 93.5 Å². The second-order valence-corrected chi connectivity index (χ2v) is 5.61. The molecule has 3 N–H and O–H groups in total. The van der Waals surface area contributed by atoms with Crippen LogP contribution >= 0.6 is 0 Å². The van der Waals surface area contributed by atoms with Crippen molar-refractivity contribution in [3.63, 3.8) is 0 Å². The van der Waals surface area contributed by atoms with Gasteiger partial charge in [0, 0.05) is 19.3 Å². The van der Waals surface area contributed by atoms with E-state index in [1.54, 1.807) is 0 Å². The number of morpholine rings is 1. The van der Waals surface area contributed by atoms with Gasteiger partial charge in [-0.2, -0.15) is 5.10 Å². The van der Waals surface area contributed by atoms with Gasteiger partial charge in [-0.05, 0) is 0 Å². The predicted molar refractivity (Wildman–Crippen MR) is 59.1 cm³/mol. The zero-order valence-electron chi connectivity index (χ0n) is 8.93. The second kappa shape index (κ2) is 3.95. The summed E-state index contributed by atoms with van der Waals surface area (Å²) in [6.45, 7) is 2.37. The number of anilines is 2. The number of aromatic amines is 1. The summed E-state index contributed by atoms with van der Waals surface area (Å²) >= 11 is 0. The number of hydrogen-bond acceptors (Lipinski definition) is 6. The van der Waals surface area contributed by atoms with Gasteiger partial charge in [-0.25, -0.2) is 8.42 Å². The molecule has 90 valence electrons. The molecule has 7 nitrogen and oxygen atoms in total. The molecule has 0 spiro atoms. The van der Waals surface area contributed by atoms with E-state index in [9.17, 15) is 8.42 Å². The number of sulfone groups is 1. The molecule has 1 aliphatic rings. The summed E-state index contributed by atoms with van der Waals surface area (Å²) in [7, 11) is -3.37. The van der Waals surface area contributed by atoms with Crippen molar-refractivity contribution in [2.75, 3.05) is 43.2 Å². The molecule has 0 aromatic carbocycles. The molecule has 2 heterocycles. The highest BCUT2D eigenvalue weighted by atomic mass is 32.2. The van der Waals surface area contributed by atoms with Crippen LogP contribution in [0.4, 0.5) is 11.6 Å². The first-order chi connectivity index (χ1) is 7.50. The fraction of sp³-hybridized carbons (Fsp3) is 0.625. The first kappa shape index (κ1) is 11.2. The molecule has 2 rings (SSSR count). The highest BCUT2D eigenvalue weighted by Crippen LogP contribution is 2.28. The lowest BCUT2D eigenvalue weighted by Crippen LogP contribution is -2.37. The maximum atomic E-state index is 11.6. The number of H-pyrrole nitrogens is 1. The normalized spacial score (nSPS) is 17.7. The number of aromatic nitrogens is 2. The molecule has 0 radical (unpaired) electrons. The Hall–Kier alpha value is -1.28. The lowest BCUT2D eigenvalue weighted by atomic mass is 10.4. The molecule has 16 heavy (non-hydrogen) atoms. The van der Waals surface area contributed by atoms with E-state index in [4.69, 9.17) is 10.5 Å². The third kappa shape index (κ3) is 1.98. The van der Waals surface area contributed by atoms with Crippen LogP contribution in [0, 0.1) is 0 Å². The van der Waals surface area contributed by atoms with Crippen molar-refractivity contribution < 1.29 is 13.2 Å². The van der Waals surface area contributed by atoms with Gasteiger partial charge in [-0.1, -0.05) is 0 Å². The maximum absolute atomic E-state index is 11.6. The predicted octanol–water partition coefficient (Wildman–Crippen LogP) is -0.768. The van der Waals surface area contributed by atoms with Gasteiger partial charge in [-0.15, -0.1) is 0 Å². The van der Waals surface area contributed by atoms with Gasteiger partial charge in [0.1, 0.15) is 5.82 Å². The monoisotopic (exact) mass is 246 g/mol. The van der Waals surface area contributed by atoms with E-state index in [2.05, 4.69) is 10.2 Å². The van der Waals surface area contributed by atoms with Crippen molar-refractivity contribution in [2.24, 2.45) is 0 Å². The van der Waals surface area contributed by atoms with Gasteiger partial charge >= 0.3 is 0 Å². The molecule has 1 aromatic heterocycles. The van der Waals surface area contributed by atoms with Crippen molar-refractivity contribution in [1.82, 2.24) is 10.2 Å². The van der Waals surface area contributed by atoms with Crippen LogP contribution in [0.15, 0.2) is 4.90 Å². The number of rotatable bonds is 2. The SMILES string of the molecule is CS(=O)(=O)c1c(N2CCOCC2)n[nH]c1N. The third-order valence-corrected chi connectivity index (χ3v) is 3.56. The highest BCUT2D eigenvalue weighted by Gasteiger charge is 2.26. The summed E-state index contributed by atoms with van der Waals surface area (Å²) in [5.41, 5.74) is 5.58. The van der Waals surface area contributed by atoms with Crippen LogP contribution in [0.2, 0.25) is 0 Å². The molecule has 1 aliphatic heterocycles. The fourth-order valence-electron chi connectivity index (χ4n) is 1.69. The van der Waals surface area contributed by atoms with Gasteiger partial charge in [0.15, 0.2) is 20.6 Å². The van der Waals surface area contributed by atoms with Gasteiger partial charge < -0.3 is 15.4 Å². The molecular formula is C8H14N4O3S. The smallest absolute Gasteiger partial charge is 0.182 e. The second-order valence-electron chi connectivity index (χ2n) is 3.66.